The van der Waals surface area contributed by atoms with Gasteiger partial charge in [-0.1, -0.05) is 53.9 Å². The molecule has 0 aliphatic rings. The van der Waals surface area contributed by atoms with Crippen LogP contribution in [-0.4, -0.2) is 9.97 Å². The Morgan fingerprint density at radius 1 is 0.818 bits per heavy atom. The minimum Gasteiger partial charge on any atom is -0.476 e. The van der Waals surface area contributed by atoms with Gasteiger partial charge in [-0.25, -0.2) is 0 Å². The molecule has 0 aliphatic carbocycles. The molecule has 0 atom stereocenters. The summed E-state index contributed by atoms with van der Waals surface area (Å²) < 4.78 is 37.1. The molecule has 0 amide bonds. The molecule has 3 heterocycles. The maximum Gasteiger partial charge on any atom is 0.123 e. The van der Waals surface area contributed by atoms with Gasteiger partial charge < -0.3 is 14.4 Å². The van der Waals surface area contributed by atoms with Gasteiger partial charge in [0.15, 0.2) is 0 Å². The van der Waals surface area contributed by atoms with Crippen LogP contribution in [0.2, 0.25) is 0 Å². The second kappa shape index (κ2) is 10.4. The Morgan fingerprint density at radius 3 is 2.52 bits per heavy atom. The van der Waals surface area contributed by atoms with Gasteiger partial charge in [0.25, 0.3) is 0 Å². The second-order valence-electron chi connectivity index (χ2n) is 7.13. The molecule has 1 radical (unpaired) electrons. The smallest absolute Gasteiger partial charge is 0.123 e. The van der Waals surface area contributed by atoms with E-state index in [1.807, 2.05) is 67.7 Å². The van der Waals surface area contributed by atoms with E-state index >= 15 is 0 Å². The maximum absolute atomic E-state index is 8.10. The average molecular weight is 609 g/mol. The number of rotatable bonds is 2. The molecule has 0 unspecified atom stereocenters. The minimum absolute atomic E-state index is 0. The van der Waals surface area contributed by atoms with E-state index in [9.17, 15) is 0 Å². The standard InChI is InChI=1S/C17H10NO.C12H10N.Ir/c1-2-9-15-13(6-1)17-12(7-5-10-16(17)19-15)14-8-3-4-11-18-14;1-10-7-8-12(13-9-10)11-5-3-2-4-6-11;/h1-6,8-11H;2-5,7-9H,1H3;/q2*-1;/i3D,4D,8D,11D;;. The molecule has 4 heteroatoms. The Balaban J connectivity index is 0.000000195. The molecule has 0 spiro atoms. The number of benzene rings is 3. The summed E-state index contributed by atoms with van der Waals surface area (Å²) in [5.74, 6) is 0. The fourth-order valence-electron chi connectivity index (χ4n) is 3.43. The third kappa shape index (κ3) is 4.93. The first kappa shape index (κ1) is 17.9. The van der Waals surface area contributed by atoms with Gasteiger partial charge in [-0.05, 0) is 41.4 Å². The van der Waals surface area contributed by atoms with Crippen LogP contribution in [0.4, 0.5) is 0 Å². The molecule has 0 bridgehead atoms. The first-order valence-electron chi connectivity index (χ1n) is 12.1. The Morgan fingerprint density at radius 2 is 1.70 bits per heavy atom. The van der Waals surface area contributed by atoms with E-state index < -0.39 is 0 Å². The molecule has 0 saturated heterocycles. The minimum atomic E-state index is -0.344. The van der Waals surface area contributed by atoms with Crippen molar-refractivity contribution in [2.45, 2.75) is 6.92 Å². The second-order valence-corrected chi connectivity index (χ2v) is 7.13. The van der Waals surface area contributed by atoms with Gasteiger partial charge in [-0.15, -0.1) is 53.6 Å². The molecule has 0 fully saturated rings. The van der Waals surface area contributed by atoms with Crippen LogP contribution in [0, 0.1) is 19.1 Å². The van der Waals surface area contributed by atoms with Crippen LogP contribution >= 0.6 is 0 Å². The van der Waals surface area contributed by atoms with Crippen molar-refractivity contribution in [3.05, 3.63) is 121 Å². The van der Waals surface area contributed by atoms with Crippen molar-refractivity contribution in [1.29, 1.82) is 0 Å². The van der Waals surface area contributed by atoms with Crippen molar-refractivity contribution in [2.24, 2.45) is 0 Å². The summed E-state index contributed by atoms with van der Waals surface area (Å²) in [5.41, 5.74) is 5.24. The number of furan rings is 1. The van der Waals surface area contributed by atoms with Gasteiger partial charge in [0.2, 0.25) is 0 Å². The van der Waals surface area contributed by atoms with Crippen molar-refractivity contribution in [2.75, 3.05) is 0 Å². The van der Waals surface area contributed by atoms with Crippen LogP contribution < -0.4 is 0 Å². The molecule has 3 nitrogen and oxygen atoms in total. The first-order chi connectivity index (χ1) is 17.4. The fraction of sp³-hybridized carbons (Fsp3) is 0.0345. The van der Waals surface area contributed by atoms with Crippen molar-refractivity contribution in [3.63, 3.8) is 0 Å². The normalized spacial score (nSPS) is 12.0. The van der Waals surface area contributed by atoms with Crippen LogP contribution in [0.15, 0.2) is 108 Å². The summed E-state index contributed by atoms with van der Waals surface area (Å²) in [6.07, 6.45) is 1.55. The molecule has 0 aliphatic heterocycles. The first-order valence-corrected chi connectivity index (χ1v) is 10.1. The van der Waals surface area contributed by atoms with Crippen molar-refractivity contribution in [3.8, 4) is 22.5 Å². The quantitative estimate of drug-likeness (QED) is 0.194. The van der Waals surface area contributed by atoms with Gasteiger partial charge in [0.05, 0.1) is 11.1 Å². The molecule has 6 rings (SSSR count). The number of aromatic nitrogens is 2. The molecular formula is C29H20IrN2O-2. The van der Waals surface area contributed by atoms with Gasteiger partial charge in [0, 0.05) is 32.5 Å². The summed E-state index contributed by atoms with van der Waals surface area (Å²) in [5, 5.41) is 1.61. The Labute approximate surface area is 212 Å². The molecule has 163 valence electrons. The number of fused-ring (bicyclic) bond motifs is 3. The van der Waals surface area contributed by atoms with E-state index in [0.29, 0.717) is 16.7 Å². The molecule has 0 saturated carbocycles. The Hall–Kier alpha value is -3.59. The third-order valence-electron chi connectivity index (χ3n) is 4.94. The summed E-state index contributed by atoms with van der Waals surface area (Å²) in [6, 6.07) is 28.3. The van der Waals surface area contributed by atoms with E-state index in [1.54, 1.807) is 12.1 Å². The number of pyridine rings is 2. The average Bonchev–Trinajstić information content (AvgIpc) is 3.30. The van der Waals surface area contributed by atoms with Crippen LogP contribution in [-0.2, 0) is 20.1 Å². The van der Waals surface area contributed by atoms with Gasteiger partial charge in [0.1, 0.15) is 5.58 Å². The van der Waals surface area contributed by atoms with Gasteiger partial charge >= 0.3 is 0 Å². The van der Waals surface area contributed by atoms with Crippen molar-refractivity contribution >= 4 is 21.9 Å². The predicted octanol–water partition coefficient (Wildman–Crippen LogP) is 7.30. The molecule has 6 aromatic rings. The van der Waals surface area contributed by atoms with Crippen LogP contribution in [0.25, 0.3) is 44.5 Å². The fourth-order valence-corrected chi connectivity index (χ4v) is 3.43. The van der Waals surface area contributed by atoms with Gasteiger partial charge in [-0.3, -0.25) is 0 Å². The topological polar surface area (TPSA) is 38.9 Å². The zero-order chi connectivity index (χ0) is 25.2. The predicted molar refractivity (Wildman–Crippen MR) is 129 cm³/mol. The summed E-state index contributed by atoms with van der Waals surface area (Å²) in [4.78, 5) is 8.36. The van der Waals surface area contributed by atoms with Crippen LogP contribution in [0.3, 0.4) is 0 Å². The zero-order valence-corrected chi connectivity index (χ0v) is 20.0. The van der Waals surface area contributed by atoms with E-state index in [-0.39, 0.29) is 50.1 Å². The SMILES string of the molecule is Cc1ccc(-c2[c-]cccc2)nc1.[2H]c1nc(-c2[c-]ccc3oc4ccccc4c23)c([2H])c([2H])c1[2H].[Ir]. The van der Waals surface area contributed by atoms with E-state index in [4.69, 9.17) is 9.90 Å². The van der Waals surface area contributed by atoms with Crippen molar-refractivity contribution in [1.82, 2.24) is 9.97 Å². The van der Waals surface area contributed by atoms with E-state index in [2.05, 4.69) is 28.2 Å². The van der Waals surface area contributed by atoms with E-state index in [0.717, 1.165) is 22.0 Å². The van der Waals surface area contributed by atoms with Crippen molar-refractivity contribution < 1.29 is 30.0 Å². The number of nitrogens with zero attached hydrogens (tertiary/aromatic N) is 2. The Kier molecular flexibility index (Phi) is 5.62. The van der Waals surface area contributed by atoms with Gasteiger partial charge in [-0.2, -0.15) is 0 Å². The van der Waals surface area contributed by atoms with Crippen LogP contribution in [0.5, 0.6) is 0 Å². The van der Waals surface area contributed by atoms with Crippen LogP contribution in [0.1, 0.15) is 11.0 Å². The maximum atomic E-state index is 8.10. The molecule has 3 aromatic heterocycles. The summed E-state index contributed by atoms with van der Waals surface area (Å²) in [6.45, 7) is 2.03. The number of hydrogen-bond donors (Lipinski definition) is 0. The number of para-hydroxylation sites is 1. The molecular weight excluding hydrogens is 585 g/mol. The largest absolute Gasteiger partial charge is 0.476 e. The summed E-state index contributed by atoms with van der Waals surface area (Å²) >= 11 is 0. The van der Waals surface area contributed by atoms with E-state index in [1.165, 1.54) is 5.56 Å². The molecule has 3 aromatic carbocycles. The zero-order valence-electron chi connectivity index (χ0n) is 21.6. The Bertz CT molecular complexity index is 1690. The third-order valence-corrected chi connectivity index (χ3v) is 4.94. The number of hydrogen-bond acceptors (Lipinski definition) is 3. The molecule has 33 heavy (non-hydrogen) atoms. The molecule has 0 N–H and O–H groups in total. The monoisotopic (exact) mass is 609 g/mol. The number of aryl methyl sites for hydroxylation is 1. The summed E-state index contributed by atoms with van der Waals surface area (Å²) in [7, 11) is 0.